The first kappa shape index (κ1) is 8.85. The standard InChI is InChI=1S/C9H17NOS/c1-2-4-9(3-1)11-10-8-5-6-12-7-8/h8-10H,1-7H2. The minimum atomic E-state index is 0.510. The second-order valence-corrected chi connectivity index (χ2v) is 4.85. The van der Waals surface area contributed by atoms with Crippen molar-refractivity contribution in [1.29, 1.82) is 0 Å². The van der Waals surface area contributed by atoms with Gasteiger partial charge in [0.1, 0.15) is 0 Å². The molecule has 2 aliphatic rings. The van der Waals surface area contributed by atoms with E-state index in [2.05, 4.69) is 5.48 Å². The fourth-order valence-electron chi connectivity index (χ4n) is 1.83. The van der Waals surface area contributed by atoms with Crippen LogP contribution in [-0.2, 0) is 4.84 Å². The molecule has 1 atom stereocenters. The van der Waals surface area contributed by atoms with Crippen molar-refractivity contribution in [2.75, 3.05) is 11.5 Å². The lowest BCUT2D eigenvalue weighted by Gasteiger charge is -2.15. The monoisotopic (exact) mass is 187 g/mol. The van der Waals surface area contributed by atoms with Gasteiger partial charge in [0, 0.05) is 11.8 Å². The number of hydrogen-bond acceptors (Lipinski definition) is 3. The lowest BCUT2D eigenvalue weighted by atomic mass is 10.3. The van der Waals surface area contributed by atoms with Gasteiger partial charge in [0.25, 0.3) is 0 Å². The van der Waals surface area contributed by atoms with Crippen LogP contribution in [0.1, 0.15) is 32.1 Å². The third kappa shape index (κ3) is 2.38. The summed E-state index contributed by atoms with van der Waals surface area (Å²) in [5.41, 5.74) is 3.20. The summed E-state index contributed by atoms with van der Waals surface area (Å²) in [5, 5.41) is 0. The summed E-state index contributed by atoms with van der Waals surface area (Å²) in [6.07, 6.45) is 7.00. The van der Waals surface area contributed by atoms with E-state index >= 15 is 0 Å². The molecule has 1 saturated carbocycles. The molecule has 0 aromatic heterocycles. The molecule has 2 rings (SSSR count). The zero-order valence-electron chi connectivity index (χ0n) is 7.42. The first-order valence-corrected chi connectivity index (χ1v) is 6.09. The van der Waals surface area contributed by atoms with Crippen LogP contribution in [0.2, 0.25) is 0 Å². The molecular formula is C9H17NOS. The highest BCUT2D eigenvalue weighted by Crippen LogP contribution is 2.22. The van der Waals surface area contributed by atoms with Crippen molar-refractivity contribution in [1.82, 2.24) is 5.48 Å². The molecule has 0 bridgehead atoms. The van der Waals surface area contributed by atoms with Crippen LogP contribution in [0.3, 0.4) is 0 Å². The molecule has 1 saturated heterocycles. The lowest BCUT2D eigenvalue weighted by molar-refractivity contribution is -0.0356. The summed E-state index contributed by atoms with van der Waals surface area (Å²) in [5.74, 6) is 2.53. The van der Waals surface area contributed by atoms with Gasteiger partial charge in [-0.05, 0) is 25.0 Å². The molecule has 2 fully saturated rings. The number of rotatable bonds is 3. The Balaban J connectivity index is 1.60. The lowest BCUT2D eigenvalue weighted by Crippen LogP contribution is -2.32. The predicted molar refractivity (Wildman–Crippen MR) is 52.2 cm³/mol. The highest BCUT2D eigenvalue weighted by atomic mass is 32.2. The Morgan fingerprint density at radius 3 is 2.67 bits per heavy atom. The van der Waals surface area contributed by atoms with E-state index in [0.29, 0.717) is 12.1 Å². The van der Waals surface area contributed by atoms with Crippen molar-refractivity contribution in [3.05, 3.63) is 0 Å². The molecule has 12 heavy (non-hydrogen) atoms. The van der Waals surface area contributed by atoms with Crippen LogP contribution in [-0.4, -0.2) is 23.7 Å². The zero-order chi connectivity index (χ0) is 8.23. The van der Waals surface area contributed by atoms with Gasteiger partial charge in [0.2, 0.25) is 0 Å². The molecule has 3 heteroatoms. The normalized spacial score (nSPS) is 31.5. The fraction of sp³-hybridized carbons (Fsp3) is 1.00. The summed E-state index contributed by atoms with van der Waals surface area (Å²) >= 11 is 2.02. The average molecular weight is 187 g/mol. The minimum absolute atomic E-state index is 0.510. The first-order chi connectivity index (χ1) is 5.95. The van der Waals surface area contributed by atoms with Gasteiger partial charge in [0.05, 0.1) is 6.10 Å². The molecule has 1 unspecified atom stereocenters. The maximum Gasteiger partial charge on any atom is 0.0790 e. The largest absolute Gasteiger partial charge is 0.298 e. The van der Waals surface area contributed by atoms with Crippen LogP contribution in [0, 0.1) is 0 Å². The third-order valence-corrected chi connectivity index (χ3v) is 3.80. The van der Waals surface area contributed by atoms with E-state index in [9.17, 15) is 0 Å². The quantitative estimate of drug-likeness (QED) is 0.682. The molecule has 0 aromatic rings. The molecule has 1 heterocycles. The summed E-state index contributed by atoms with van der Waals surface area (Å²) in [6.45, 7) is 0. The van der Waals surface area contributed by atoms with Gasteiger partial charge in [-0.3, -0.25) is 4.84 Å². The van der Waals surface area contributed by atoms with Crippen LogP contribution < -0.4 is 5.48 Å². The highest BCUT2D eigenvalue weighted by molar-refractivity contribution is 7.99. The van der Waals surface area contributed by atoms with Crippen LogP contribution in [0.5, 0.6) is 0 Å². The van der Waals surface area contributed by atoms with Crippen molar-refractivity contribution in [3.63, 3.8) is 0 Å². The summed E-state index contributed by atoms with van der Waals surface area (Å²) < 4.78 is 0. The van der Waals surface area contributed by atoms with E-state index in [1.807, 2.05) is 11.8 Å². The maximum atomic E-state index is 5.62. The van der Waals surface area contributed by atoms with E-state index in [4.69, 9.17) is 4.84 Å². The average Bonchev–Trinajstić information content (AvgIpc) is 2.74. The van der Waals surface area contributed by atoms with Crippen molar-refractivity contribution >= 4 is 11.8 Å². The smallest absolute Gasteiger partial charge is 0.0790 e. The molecule has 1 aliphatic heterocycles. The summed E-state index contributed by atoms with van der Waals surface area (Å²) in [6, 6.07) is 0.621. The summed E-state index contributed by atoms with van der Waals surface area (Å²) in [7, 11) is 0. The maximum absolute atomic E-state index is 5.62. The Labute approximate surface area is 78.4 Å². The molecule has 2 nitrogen and oxygen atoms in total. The Hall–Kier alpha value is 0.270. The van der Waals surface area contributed by atoms with Crippen LogP contribution in [0.4, 0.5) is 0 Å². The number of hydrogen-bond donors (Lipinski definition) is 1. The second kappa shape index (κ2) is 4.49. The van der Waals surface area contributed by atoms with Crippen molar-refractivity contribution in [3.8, 4) is 0 Å². The zero-order valence-corrected chi connectivity index (χ0v) is 8.24. The van der Waals surface area contributed by atoms with Gasteiger partial charge in [-0.2, -0.15) is 17.2 Å². The Kier molecular flexibility index (Phi) is 3.31. The van der Waals surface area contributed by atoms with Crippen molar-refractivity contribution in [2.45, 2.75) is 44.2 Å². The topological polar surface area (TPSA) is 21.3 Å². The first-order valence-electron chi connectivity index (χ1n) is 4.94. The third-order valence-electron chi connectivity index (χ3n) is 2.63. The Morgan fingerprint density at radius 2 is 2.00 bits per heavy atom. The van der Waals surface area contributed by atoms with Gasteiger partial charge in [0.15, 0.2) is 0 Å². The van der Waals surface area contributed by atoms with E-state index in [0.717, 1.165) is 0 Å². The van der Waals surface area contributed by atoms with Gasteiger partial charge < -0.3 is 0 Å². The predicted octanol–water partition coefficient (Wildman–Crippen LogP) is 1.96. The van der Waals surface area contributed by atoms with Gasteiger partial charge >= 0.3 is 0 Å². The Morgan fingerprint density at radius 1 is 1.17 bits per heavy atom. The summed E-state index contributed by atoms with van der Waals surface area (Å²) in [4.78, 5) is 5.62. The highest BCUT2D eigenvalue weighted by Gasteiger charge is 2.19. The molecule has 1 N–H and O–H groups in total. The number of thioether (sulfide) groups is 1. The van der Waals surface area contributed by atoms with Gasteiger partial charge in [-0.15, -0.1) is 0 Å². The van der Waals surface area contributed by atoms with E-state index in [1.165, 1.54) is 43.6 Å². The SMILES string of the molecule is C1CCC(ONC2CCSC2)C1. The van der Waals surface area contributed by atoms with E-state index in [1.54, 1.807) is 0 Å². The van der Waals surface area contributed by atoms with Crippen LogP contribution in [0.25, 0.3) is 0 Å². The van der Waals surface area contributed by atoms with Crippen molar-refractivity contribution < 1.29 is 4.84 Å². The molecule has 0 spiro atoms. The molecule has 0 amide bonds. The van der Waals surface area contributed by atoms with Crippen LogP contribution >= 0.6 is 11.8 Å². The second-order valence-electron chi connectivity index (χ2n) is 3.70. The number of hydroxylamine groups is 1. The minimum Gasteiger partial charge on any atom is -0.298 e. The van der Waals surface area contributed by atoms with Gasteiger partial charge in [-0.1, -0.05) is 12.8 Å². The molecule has 0 radical (unpaired) electrons. The van der Waals surface area contributed by atoms with E-state index < -0.39 is 0 Å². The molecular weight excluding hydrogens is 170 g/mol. The Bertz CT molecular complexity index is 114. The fourth-order valence-corrected chi connectivity index (χ4v) is 2.96. The van der Waals surface area contributed by atoms with E-state index in [-0.39, 0.29) is 0 Å². The number of nitrogens with one attached hydrogen (secondary N) is 1. The van der Waals surface area contributed by atoms with Crippen LogP contribution in [0.15, 0.2) is 0 Å². The van der Waals surface area contributed by atoms with Crippen molar-refractivity contribution in [2.24, 2.45) is 0 Å². The molecule has 0 aromatic carbocycles. The molecule has 1 aliphatic carbocycles. The molecule has 70 valence electrons. The van der Waals surface area contributed by atoms with Gasteiger partial charge in [-0.25, -0.2) is 0 Å².